The molecule has 1 saturated heterocycles. The van der Waals surface area contributed by atoms with Crippen molar-refractivity contribution in [2.45, 2.75) is 46.0 Å². The lowest BCUT2D eigenvalue weighted by Gasteiger charge is -2.29. The van der Waals surface area contributed by atoms with Gasteiger partial charge in [-0.3, -0.25) is 4.79 Å². The quantitative estimate of drug-likeness (QED) is 0.892. The predicted octanol–water partition coefficient (Wildman–Crippen LogP) is 3.87. The molecule has 0 radical (unpaired) electrons. The van der Waals surface area contributed by atoms with Crippen molar-refractivity contribution in [2.24, 2.45) is 5.92 Å². The van der Waals surface area contributed by atoms with E-state index in [4.69, 9.17) is 0 Å². The Kier molecular flexibility index (Phi) is 5.80. The number of hydrogen-bond donors (Lipinski definition) is 1. The number of benzene rings is 1. The van der Waals surface area contributed by atoms with Crippen molar-refractivity contribution in [3.05, 3.63) is 29.8 Å². The average Bonchev–Trinajstić information content (AvgIpc) is 2.47. The van der Waals surface area contributed by atoms with Crippen LogP contribution in [0.1, 0.15) is 51.5 Å². The first-order chi connectivity index (χ1) is 10.0. The summed E-state index contributed by atoms with van der Waals surface area (Å²) in [6.07, 6.45) is 3.11. The van der Waals surface area contributed by atoms with Gasteiger partial charge in [-0.15, -0.1) is 0 Å². The van der Waals surface area contributed by atoms with Crippen molar-refractivity contribution in [3.63, 3.8) is 0 Å². The molecule has 0 spiro atoms. The van der Waals surface area contributed by atoms with E-state index in [0.29, 0.717) is 12.3 Å². The Labute approximate surface area is 128 Å². The monoisotopic (exact) mass is 288 g/mol. The van der Waals surface area contributed by atoms with Crippen LogP contribution in [0.25, 0.3) is 0 Å². The average molecular weight is 288 g/mol. The van der Waals surface area contributed by atoms with Gasteiger partial charge in [0.05, 0.1) is 0 Å². The van der Waals surface area contributed by atoms with Crippen molar-refractivity contribution in [1.29, 1.82) is 0 Å². The number of nitrogens with zero attached hydrogens (tertiary/aromatic N) is 1. The van der Waals surface area contributed by atoms with Gasteiger partial charge in [-0.05, 0) is 55.5 Å². The van der Waals surface area contributed by atoms with Crippen LogP contribution in [0, 0.1) is 5.92 Å². The summed E-state index contributed by atoms with van der Waals surface area (Å²) in [5.41, 5.74) is 2.20. The number of nitrogens with one attached hydrogen (secondary N) is 1. The molecular weight excluding hydrogens is 260 g/mol. The summed E-state index contributed by atoms with van der Waals surface area (Å²) in [6, 6.07) is 8.17. The van der Waals surface area contributed by atoms with Gasteiger partial charge < -0.3 is 10.2 Å². The van der Waals surface area contributed by atoms with Crippen LogP contribution in [0.2, 0.25) is 0 Å². The minimum absolute atomic E-state index is 0.117. The Morgan fingerprint density at radius 3 is 2.43 bits per heavy atom. The lowest BCUT2D eigenvalue weighted by Crippen LogP contribution is -2.35. The molecule has 1 heterocycles. The van der Waals surface area contributed by atoms with Crippen molar-refractivity contribution in [3.8, 4) is 0 Å². The Balaban J connectivity index is 1.74. The molecule has 0 bridgehead atoms. The summed E-state index contributed by atoms with van der Waals surface area (Å²) in [5.74, 6) is 1.48. The summed E-state index contributed by atoms with van der Waals surface area (Å²) < 4.78 is 0. The second kappa shape index (κ2) is 7.60. The van der Waals surface area contributed by atoms with Crippen molar-refractivity contribution in [2.75, 3.05) is 25.0 Å². The van der Waals surface area contributed by atoms with E-state index >= 15 is 0 Å². The fraction of sp³-hybridized carbons (Fsp3) is 0.611. The molecule has 1 aromatic rings. The molecule has 1 aliphatic heterocycles. The maximum absolute atomic E-state index is 12.0. The molecule has 1 fully saturated rings. The lowest BCUT2D eigenvalue weighted by atomic mass is 9.99. The molecule has 0 unspecified atom stereocenters. The Bertz CT molecular complexity index is 445. The second-order valence-corrected chi connectivity index (χ2v) is 6.60. The van der Waals surface area contributed by atoms with E-state index in [1.165, 1.54) is 18.4 Å². The van der Waals surface area contributed by atoms with E-state index in [-0.39, 0.29) is 5.91 Å². The van der Waals surface area contributed by atoms with Crippen LogP contribution in [0.5, 0.6) is 0 Å². The van der Waals surface area contributed by atoms with Gasteiger partial charge in [-0.2, -0.15) is 0 Å². The second-order valence-electron chi connectivity index (χ2n) is 6.60. The van der Waals surface area contributed by atoms with Gasteiger partial charge in [-0.25, -0.2) is 0 Å². The summed E-state index contributed by atoms with van der Waals surface area (Å²) >= 11 is 0. The van der Waals surface area contributed by atoms with Crippen LogP contribution < -0.4 is 5.32 Å². The zero-order valence-corrected chi connectivity index (χ0v) is 13.6. The fourth-order valence-electron chi connectivity index (χ4n) is 2.72. The van der Waals surface area contributed by atoms with Gasteiger partial charge in [0.15, 0.2) is 0 Å². The van der Waals surface area contributed by atoms with Gasteiger partial charge in [0.25, 0.3) is 0 Å². The zero-order chi connectivity index (χ0) is 15.2. The zero-order valence-electron chi connectivity index (χ0n) is 13.6. The van der Waals surface area contributed by atoms with E-state index in [2.05, 4.69) is 43.1 Å². The fourth-order valence-corrected chi connectivity index (χ4v) is 2.72. The third-order valence-electron chi connectivity index (χ3n) is 4.39. The molecule has 1 N–H and O–H groups in total. The van der Waals surface area contributed by atoms with Crippen molar-refractivity contribution >= 4 is 11.6 Å². The molecule has 3 nitrogen and oxygen atoms in total. The standard InChI is InChI=1S/C18H28N2O/c1-14(2)16-4-6-17(7-5-16)19-18(21)10-13-20-11-8-15(3)9-12-20/h4-7,14-15H,8-13H2,1-3H3,(H,19,21). The number of likely N-dealkylation sites (tertiary alicyclic amines) is 1. The van der Waals surface area contributed by atoms with E-state index in [1.807, 2.05) is 12.1 Å². The van der Waals surface area contributed by atoms with Gasteiger partial charge in [0.1, 0.15) is 0 Å². The van der Waals surface area contributed by atoms with Crippen molar-refractivity contribution in [1.82, 2.24) is 4.90 Å². The number of carbonyl (C=O) groups is 1. The highest BCUT2D eigenvalue weighted by Gasteiger charge is 2.16. The van der Waals surface area contributed by atoms with Crippen LogP contribution in [0.15, 0.2) is 24.3 Å². The number of amides is 1. The first kappa shape index (κ1) is 16.0. The number of anilines is 1. The highest BCUT2D eigenvalue weighted by Crippen LogP contribution is 2.18. The molecule has 0 saturated carbocycles. The van der Waals surface area contributed by atoms with Crippen LogP contribution >= 0.6 is 0 Å². The third kappa shape index (κ3) is 5.16. The molecule has 1 aromatic carbocycles. The van der Waals surface area contributed by atoms with E-state index < -0.39 is 0 Å². The van der Waals surface area contributed by atoms with Crippen LogP contribution in [0.4, 0.5) is 5.69 Å². The van der Waals surface area contributed by atoms with Crippen LogP contribution in [0.3, 0.4) is 0 Å². The van der Waals surface area contributed by atoms with Gasteiger partial charge in [0.2, 0.25) is 5.91 Å². The minimum Gasteiger partial charge on any atom is -0.326 e. The van der Waals surface area contributed by atoms with Crippen LogP contribution in [-0.2, 0) is 4.79 Å². The maximum atomic E-state index is 12.0. The summed E-state index contributed by atoms with van der Waals surface area (Å²) in [7, 11) is 0. The molecule has 0 atom stereocenters. The molecule has 0 aromatic heterocycles. The number of hydrogen-bond acceptors (Lipinski definition) is 2. The number of carbonyl (C=O) groups excluding carboxylic acids is 1. The highest BCUT2D eigenvalue weighted by atomic mass is 16.1. The predicted molar refractivity (Wildman–Crippen MR) is 88.6 cm³/mol. The number of rotatable bonds is 5. The summed E-state index contributed by atoms with van der Waals surface area (Å²) in [5, 5.41) is 2.99. The molecule has 116 valence electrons. The largest absolute Gasteiger partial charge is 0.326 e. The Hall–Kier alpha value is -1.35. The van der Waals surface area contributed by atoms with Gasteiger partial charge >= 0.3 is 0 Å². The SMILES string of the molecule is CC1CCN(CCC(=O)Nc2ccc(C(C)C)cc2)CC1. The Morgan fingerprint density at radius 2 is 1.86 bits per heavy atom. The minimum atomic E-state index is 0.117. The molecule has 0 aliphatic carbocycles. The third-order valence-corrected chi connectivity index (χ3v) is 4.39. The maximum Gasteiger partial charge on any atom is 0.225 e. The first-order valence-electron chi connectivity index (χ1n) is 8.16. The summed E-state index contributed by atoms with van der Waals surface area (Å²) in [4.78, 5) is 14.4. The van der Waals surface area contributed by atoms with E-state index in [9.17, 15) is 4.79 Å². The molecular formula is C18H28N2O. The topological polar surface area (TPSA) is 32.3 Å². The molecule has 1 amide bonds. The Morgan fingerprint density at radius 1 is 1.24 bits per heavy atom. The van der Waals surface area contributed by atoms with E-state index in [1.54, 1.807) is 0 Å². The summed E-state index contributed by atoms with van der Waals surface area (Å²) in [6.45, 7) is 9.81. The van der Waals surface area contributed by atoms with Gasteiger partial charge in [0, 0.05) is 18.7 Å². The molecule has 3 heteroatoms. The van der Waals surface area contributed by atoms with Crippen molar-refractivity contribution < 1.29 is 4.79 Å². The van der Waals surface area contributed by atoms with Gasteiger partial charge in [-0.1, -0.05) is 32.9 Å². The number of piperidine rings is 1. The van der Waals surface area contributed by atoms with E-state index in [0.717, 1.165) is 31.2 Å². The van der Waals surface area contributed by atoms with Crippen LogP contribution in [-0.4, -0.2) is 30.4 Å². The normalized spacial score (nSPS) is 17.1. The first-order valence-corrected chi connectivity index (χ1v) is 8.16. The molecule has 2 rings (SSSR count). The highest BCUT2D eigenvalue weighted by molar-refractivity contribution is 5.90. The smallest absolute Gasteiger partial charge is 0.225 e. The molecule has 1 aliphatic rings. The molecule has 21 heavy (non-hydrogen) atoms. The lowest BCUT2D eigenvalue weighted by molar-refractivity contribution is -0.116.